The third kappa shape index (κ3) is 5.05. The summed E-state index contributed by atoms with van der Waals surface area (Å²) in [6.07, 6.45) is -1.43. The van der Waals surface area contributed by atoms with Crippen molar-refractivity contribution in [2.75, 3.05) is 26.2 Å². The van der Waals surface area contributed by atoms with Crippen LogP contribution in [0.15, 0.2) is 0 Å². The first-order chi connectivity index (χ1) is 11.3. The third-order valence-electron chi connectivity index (χ3n) is 4.61. The van der Waals surface area contributed by atoms with Crippen LogP contribution in [0, 0.1) is 5.92 Å². The van der Waals surface area contributed by atoms with Gasteiger partial charge in [0.25, 0.3) is 0 Å². The quantitative estimate of drug-likeness (QED) is 0.474. The number of carbonyl (C=O) groups excluding carboxylic acids is 1. The molecule has 1 amide bonds. The number of amides is 1. The second-order valence-electron chi connectivity index (χ2n) is 6.42. The van der Waals surface area contributed by atoms with E-state index in [2.05, 4.69) is 18.7 Å². The number of piperazine rings is 1. The van der Waals surface area contributed by atoms with Crippen LogP contribution < -0.4 is 0 Å². The minimum Gasteiger partial charge on any atom is -0.340 e. The Morgan fingerprint density at radius 3 is 1.79 bits per heavy atom. The van der Waals surface area contributed by atoms with E-state index in [1.165, 1.54) is 0 Å². The molecule has 0 aromatic rings. The molecule has 1 saturated heterocycles. The van der Waals surface area contributed by atoms with Crippen molar-refractivity contribution >= 4 is 5.91 Å². The molecule has 140 valence electrons. The van der Waals surface area contributed by atoms with Crippen molar-refractivity contribution in [2.24, 2.45) is 5.92 Å². The van der Waals surface area contributed by atoms with Gasteiger partial charge in [-0.2, -0.15) is 0 Å². The van der Waals surface area contributed by atoms with Crippen LogP contribution in [0.4, 0.5) is 0 Å². The van der Waals surface area contributed by atoms with Gasteiger partial charge in [0.05, 0.1) is 10.8 Å². The SMILES string of the molecule is CC(C)N1CCN(C(=O)C2CC(ON(O)O)C(ON(O)O)C2)CC1. The van der Waals surface area contributed by atoms with Crippen LogP contribution >= 0.6 is 0 Å². The van der Waals surface area contributed by atoms with Gasteiger partial charge in [0.2, 0.25) is 5.91 Å². The molecule has 0 spiro atoms. The van der Waals surface area contributed by atoms with Crippen molar-refractivity contribution in [1.29, 1.82) is 0 Å². The summed E-state index contributed by atoms with van der Waals surface area (Å²) in [5.74, 6) is -0.520. The summed E-state index contributed by atoms with van der Waals surface area (Å²) in [5, 5.41) is 34.2. The molecule has 1 aliphatic heterocycles. The molecular weight excluding hydrogens is 324 g/mol. The summed E-state index contributed by atoms with van der Waals surface area (Å²) in [7, 11) is 0. The van der Waals surface area contributed by atoms with E-state index in [-0.39, 0.29) is 18.7 Å². The Bertz CT molecular complexity index is 397. The lowest BCUT2D eigenvalue weighted by atomic mass is 10.1. The Labute approximate surface area is 139 Å². The Morgan fingerprint density at radius 2 is 1.42 bits per heavy atom. The van der Waals surface area contributed by atoms with Gasteiger partial charge in [0.1, 0.15) is 12.2 Å². The van der Waals surface area contributed by atoms with Crippen LogP contribution in [-0.2, 0) is 14.5 Å². The summed E-state index contributed by atoms with van der Waals surface area (Å²) in [5.41, 5.74) is 0. The maximum atomic E-state index is 12.7. The molecule has 24 heavy (non-hydrogen) atoms. The molecule has 2 aliphatic rings. The lowest BCUT2D eigenvalue weighted by Gasteiger charge is -2.37. The largest absolute Gasteiger partial charge is 0.340 e. The van der Waals surface area contributed by atoms with Crippen LogP contribution in [-0.4, -0.2) is 91.7 Å². The van der Waals surface area contributed by atoms with Crippen LogP contribution in [0.3, 0.4) is 0 Å². The molecule has 0 bridgehead atoms. The van der Waals surface area contributed by atoms with Crippen molar-refractivity contribution in [3.05, 3.63) is 0 Å². The first-order valence-electron chi connectivity index (χ1n) is 8.00. The molecule has 11 heteroatoms. The molecule has 0 radical (unpaired) electrons. The van der Waals surface area contributed by atoms with E-state index >= 15 is 0 Å². The maximum absolute atomic E-state index is 12.7. The third-order valence-corrected chi connectivity index (χ3v) is 4.61. The Morgan fingerprint density at radius 1 is 0.958 bits per heavy atom. The second-order valence-corrected chi connectivity index (χ2v) is 6.42. The topological polar surface area (TPSA) is 129 Å². The highest BCUT2D eigenvalue weighted by Gasteiger charge is 2.43. The molecule has 0 aromatic carbocycles. The highest BCUT2D eigenvalue weighted by Crippen LogP contribution is 2.32. The van der Waals surface area contributed by atoms with Crippen LogP contribution in [0.2, 0.25) is 0 Å². The van der Waals surface area contributed by atoms with E-state index in [0.29, 0.717) is 19.1 Å². The molecule has 1 heterocycles. The highest BCUT2D eigenvalue weighted by molar-refractivity contribution is 5.79. The van der Waals surface area contributed by atoms with Crippen LogP contribution in [0.1, 0.15) is 26.7 Å². The molecule has 4 N–H and O–H groups in total. The van der Waals surface area contributed by atoms with Gasteiger partial charge >= 0.3 is 0 Å². The predicted octanol–water partition coefficient (Wildman–Crippen LogP) is -0.290. The summed E-state index contributed by atoms with van der Waals surface area (Å²) in [6, 6.07) is 0.435. The molecular formula is C13H26N4O7. The number of rotatable bonds is 6. The van der Waals surface area contributed by atoms with Crippen molar-refractivity contribution in [2.45, 2.75) is 44.9 Å². The molecule has 2 rings (SSSR count). The van der Waals surface area contributed by atoms with Gasteiger partial charge in [-0.1, -0.05) is 0 Å². The van der Waals surface area contributed by atoms with Gasteiger partial charge in [-0.25, -0.2) is 9.68 Å². The highest BCUT2D eigenvalue weighted by atomic mass is 17.1. The average Bonchev–Trinajstić information content (AvgIpc) is 2.88. The summed E-state index contributed by atoms with van der Waals surface area (Å²) in [6.45, 7) is 7.09. The van der Waals surface area contributed by atoms with Crippen LogP contribution in [0.5, 0.6) is 0 Å². The van der Waals surface area contributed by atoms with Gasteiger partial charge in [0, 0.05) is 38.1 Å². The fraction of sp³-hybridized carbons (Fsp3) is 0.923. The molecule has 11 nitrogen and oxygen atoms in total. The molecule has 1 saturated carbocycles. The van der Waals surface area contributed by atoms with Gasteiger partial charge in [-0.15, -0.1) is 0 Å². The number of nitrogens with zero attached hydrogens (tertiary/aromatic N) is 4. The first-order valence-corrected chi connectivity index (χ1v) is 8.00. The second kappa shape index (κ2) is 8.47. The fourth-order valence-corrected chi connectivity index (χ4v) is 3.34. The van der Waals surface area contributed by atoms with Crippen molar-refractivity contribution in [1.82, 2.24) is 20.6 Å². The van der Waals surface area contributed by atoms with Gasteiger partial charge in [0.15, 0.2) is 0 Å². The van der Waals surface area contributed by atoms with Gasteiger partial charge in [-0.05, 0) is 26.7 Å². The fourth-order valence-electron chi connectivity index (χ4n) is 3.34. The van der Waals surface area contributed by atoms with E-state index in [1.54, 1.807) is 4.90 Å². The number of carbonyl (C=O) groups is 1. The van der Waals surface area contributed by atoms with E-state index in [9.17, 15) is 4.79 Å². The van der Waals surface area contributed by atoms with E-state index in [0.717, 1.165) is 13.1 Å². The molecule has 0 aromatic heterocycles. The number of hydrogen-bond donors (Lipinski definition) is 4. The Kier molecular flexibility index (Phi) is 6.86. The minimum absolute atomic E-state index is 0.0667. The van der Waals surface area contributed by atoms with E-state index in [4.69, 9.17) is 30.5 Å². The molecule has 2 fully saturated rings. The number of hydrogen-bond acceptors (Lipinski definition) is 10. The zero-order valence-corrected chi connectivity index (χ0v) is 13.9. The van der Waals surface area contributed by atoms with E-state index < -0.39 is 28.9 Å². The predicted molar refractivity (Wildman–Crippen MR) is 76.6 cm³/mol. The van der Waals surface area contributed by atoms with Crippen LogP contribution in [0.25, 0.3) is 0 Å². The Hall–Kier alpha value is -0.890. The minimum atomic E-state index is -0.896. The lowest BCUT2D eigenvalue weighted by molar-refractivity contribution is -0.535. The van der Waals surface area contributed by atoms with E-state index in [1.807, 2.05) is 0 Å². The van der Waals surface area contributed by atoms with Crippen molar-refractivity contribution in [3.8, 4) is 0 Å². The summed E-state index contributed by atoms with van der Waals surface area (Å²) < 4.78 is 0. The Balaban J connectivity index is 1.92. The normalized spacial score (nSPS) is 29.2. The molecule has 2 atom stereocenters. The lowest BCUT2D eigenvalue weighted by Crippen LogP contribution is -2.52. The van der Waals surface area contributed by atoms with Crippen molar-refractivity contribution < 1.29 is 35.3 Å². The standard InChI is InChI=1S/C13H26N4O7/c1-9(2)14-3-5-15(6-4-14)13(18)10-7-11(23-16(19)20)12(8-10)24-17(21)22/h9-12,19-22H,3-8H2,1-2H3. The van der Waals surface area contributed by atoms with Crippen molar-refractivity contribution in [3.63, 3.8) is 0 Å². The monoisotopic (exact) mass is 350 g/mol. The smallest absolute Gasteiger partial charge is 0.225 e. The molecule has 2 unspecified atom stereocenters. The molecule has 1 aliphatic carbocycles. The summed E-state index contributed by atoms with van der Waals surface area (Å²) >= 11 is 0. The zero-order chi connectivity index (χ0) is 17.9. The van der Waals surface area contributed by atoms with Gasteiger partial charge in [-0.3, -0.25) is 30.5 Å². The maximum Gasteiger partial charge on any atom is 0.225 e. The average molecular weight is 350 g/mol. The van der Waals surface area contributed by atoms with Gasteiger partial charge < -0.3 is 4.90 Å². The first kappa shape index (κ1) is 19.4. The summed E-state index contributed by atoms with van der Waals surface area (Å²) in [4.78, 5) is 26.2. The zero-order valence-electron chi connectivity index (χ0n) is 13.9.